The summed E-state index contributed by atoms with van der Waals surface area (Å²) in [6, 6.07) is 0. The summed E-state index contributed by atoms with van der Waals surface area (Å²) in [5, 5.41) is 13.7. The van der Waals surface area contributed by atoms with Crippen LogP contribution in [0.4, 0.5) is 0 Å². The van der Waals surface area contributed by atoms with Gasteiger partial charge in [-0.2, -0.15) is 0 Å². The second-order valence-electron chi connectivity index (χ2n) is 4.09. The van der Waals surface area contributed by atoms with Crippen molar-refractivity contribution in [3.63, 3.8) is 0 Å². The predicted octanol–water partition coefficient (Wildman–Crippen LogP) is -0.124. The van der Waals surface area contributed by atoms with Crippen LogP contribution in [0, 0.1) is 0 Å². The fourth-order valence-corrected chi connectivity index (χ4v) is 1.71. The third-order valence-corrected chi connectivity index (χ3v) is 2.64. The van der Waals surface area contributed by atoms with Crippen LogP contribution in [0.15, 0.2) is 0 Å². The Labute approximate surface area is 93.6 Å². The van der Waals surface area contributed by atoms with Gasteiger partial charge in [0, 0.05) is 19.8 Å². The zero-order valence-corrected chi connectivity index (χ0v) is 9.78. The molecule has 1 heterocycles. The van der Waals surface area contributed by atoms with Crippen LogP contribution >= 0.6 is 0 Å². The number of hydrogen-bond acceptors (Lipinski definition) is 4. The fourth-order valence-electron chi connectivity index (χ4n) is 1.71. The molecule has 0 saturated carbocycles. The zero-order valence-electron chi connectivity index (χ0n) is 9.78. The van der Waals surface area contributed by atoms with Crippen molar-refractivity contribution < 1.29 is 0 Å². The number of hydrogen-bond donors (Lipinski definition) is 4. The number of nitrogens with one attached hydrogen (secondary N) is 4. The van der Waals surface area contributed by atoms with E-state index in [4.69, 9.17) is 0 Å². The average Bonchev–Trinajstić information content (AvgIpc) is 2.27. The van der Waals surface area contributed by atoms with Gasteiger partial charge in [-0.1, -0.05) is 6.42 Å². The monoisotopic (exact) mass is 214 g/mol. The summed E-state index contributed by atoms with van der Waals surface area (Å²) in [4.78, 5) is 0. The van der Waals surface area contributed by atoms with Crippen LogP contribution in [0.3, 0.4) is 0 Å². The van der Waals surface area contributed by atoms with E-state index in [1.54, 1.807) is 0 Å². The van der Waals surface area contributed by atoms with E-state index in [1.165, 1.54) is 32.2 Å². The molecule has 0 aromatic carbocycles. The molecule has 1 rings (SSSR count). The first kappa shape index (κ1) is 12.9. The van der Waals surface area contributed by atoms with Crippen molar-refractivity contribution in [3.8, 4) is 0 Å². The molecule has 0 unspecified atom stereocenters. The predicted molar refractivity (Wildman–Crippen MR) is 65.1 cm³/mol. The van der Waals surface area contributed by atoms with Crippen molar-refractivity contribution in [2.24, 2.45) is 0 Å². The van der Waals surface area contributed by atoms with Gasteiger partial charge >= 0.3 is 0 Å². The molecular weight excluding hydrogens is 188 g/mol. The lowest BCUT2D eigenvalue weighted by atomic mass is 10.2. The lowest BCUT2D eigenvalue weighted by Gasteiger charge is -2.07. The average molecular weight is 214 g/mol. The minimum absolute atomic E-state index is 0.944. The van der Waals surface area contributed by atoms with Gasteiger partial charge in [-0.05, 0) is 45.4 Å². The Morgan fingerprint density at radius 3 is 1.80 bits per heavy atom. The fraction of sp³-hybridized carbons (Fsp3) is 1.00. The first-order chi connectivity index (χ1) is 7.50. The lowest BCUT2D eigenvalue weighted by Crippen LogP contribution is -2.35. The van der Waals surface area contributed by atoms with E-state index in [0.717, 1.165) is 39.4 Å². The zero-order chi connectivity index (χ0) is 10.6. The van der Waals surface area contributed by atoms with E-state index in [1.807, 2.05) is 0 Å². The molecular formula is C11H26N4. The topological polar surface area (TPSA) is 48.1 Å². The Morgan fingerprint density at radius 2 is 0.933 bits per heavy atom. The van der Waals surface area contributed by atoms with Crippen LogP contribution < -0.4 is 21.3 Å². The van der Waals surface area contributed by atoms with Crippen LogP contribution in [0.1, 0.15) is 25.7 Å². The minimum Gasteiger partial charge on any atom is -0.317 e. The SMILES string of the molecule is C1CCNCCCNCCNCNCC1. The molecule has 15 heavy (non-hydrogen) atoms. The third-order valence-electron chi connectivity index (χ3n) is 2.64. The van der Waals surface area contributed by atoms with Gasteiger partial charge < -0.3 is 21.3 Å². The van der Waals surface area contributed by atoms with Gasteiger partial charge in [0.25, 0.3) is 0 Å². The minimum atomic E-state index is 0.944. The van der Waals surface area contributed by atoms with Gasteiger partial charge in [0.15, 0.2) is 0 Å². The van der Waals surface area contributed by atoms with Crippen LogP contribution in [0.2, 0.25) is 0 Å². The van der Waals surface area contributed by atoms with Gasteiger partial charge in [0.2, 0.25) is 0 Å². The molecule has 4 heteroatoms. The Balaban J connectivity index is 2.01. The van der Waals surface area contributed by atoms with Crippen molar-refractivity contribution in [1.29, 1.82) is 0 Å². The van der Waals surface area contributed by atoms with Crippen molar-refractivity contribution in [1.82, 2.24) is 21.3 Å². The van der Waals surface area contributed by atoms with Crippen LogP contribution in [-0.2, 0) is 0 Å². The molecule has 0 atom stereocenters. The van der Waals surface area contributed by atoms with Crippen molar-refractivity contribution in [2.45, 2.75) is 25.7 Å². The highest BCUT2D eigenvalue weighted by Gasteiger charge is 1.93. The lowest BCUT2D eigenvalue weighted by molar-refractivity contribution is 0.542. The highest BCUT2D eigenvalue weighted by atomic mass is 15.1. The van der Waals surface area contributed by atoms with Crippen molar-refractivity contribution in [2.75, 3.05) is 45.9 Å². The first-order valence-electron chi connectivity index (χ1n) is 6.33. The summed E-state index contributed by atoms with van der Waals surface area (Å²) in [5.41, 5.74) is 0. The van der Waals surface area contributed by atoms with E-state index in [-0.39, 0.29) is 0 Å². The van der Waals surface area contributed by atoms with Gasteiger partial charge in [-0.3, -0.25) is 0 Å². The summed E-state index contributed by atoms with van der Waals surface area (Å²) in [6.07, 6.45) is 5.17. The highest BCUT2D eigenvalue weighted by Crippen LogP contribution is 1.92. The second kappa shape index (κ2) is 10.4. The summed E-state index contributed by atoms with van der Waals surface area (Å²) in [7, 11) is 0. The maximum absolute atomic E-state index is 3.48. The molecule has 0 aromatic rings. The first-order valence-corrected chi connectivity index (χ1v) is 6.33. The van der Waals surface area contributed by atoms with Gasteiger partial charge in [-0.15, -0.1) is 0 Å². The molecule has 0 bridgehead atoms. The third kappa shape index (κ3) is 8.81. The Bertz CT molecular complexity index is 71.2. The smallest absolute Gasteiger partial charge is 0.0454 e. The molecule has 90 valence electrons. The molecule has 0 aliphatic carbocycles. The van der Waals surface area contributed by atoms with E-state index < -0.39 is 0 Å². The molecule has 0 spiro atoms. The van der Waals surface area contributed by atoms with Crippen LogP contribution in [-0.4, -0.2) is 45.9 Å². The Kier molecular flexibility index (Phi) is 8.92. The van der Waals surface area contributed by atoms with E-state index in [0.29, 0.717) is 0 Å². The van der Waals surface area contributed by atoms with Gasteiger partial charge in [0.1, 0.15) is 0 Å². The number of rotatable bonds is 0. The Morgan fingerprint density at radius 1 is 0.400 bits per heavy atom. The molecule has 1 saturated heterocycles. The van der Waals surface area contributed by atoms with E-state index >= 15 is 0 Å². The van der Waals surface area contributed by atoms with Crippen LogP contribution in [0.25, 0.3) is 0 Å². The quantitative estimate of drug-likeness (QED) is 0.454. The van der Waals surface area contributed by atoms with Crippen molar-refractivity contribution in [3.05, 3.63) is 0 Å². The van der Waals surface area contributed by atoms with Crippen LogP contribution in [0.5, 0.6) is 0 Å². The molecule has 1 fully saturated rings. The maximum atomic E-state index is 3.48. The molecule has 0 amide bonds. The van der Waals surface area contributed by atoms with E-state index in [2.05, 4.69) is 21.3 Å². The summed E-state index contributed by atoms with van der Waals surface area (Å²) in [5.74, 6) is 0. The van der Waals surface area contributed by atoms with Gasteiger partial charge in [0.05, 0.1) is 0 Å². The molecule has 4 nitrogen and oxygen atoms in total. The summed E-state index contributed by atoms with van der Waals surface area (Å²) >= 11 is 0. The molecule has 4 N–H and O–H groups in total. The normalized spacial score (nSPS) is 24.0. The molecule has 1 aliphatic heterocycles. The van der Waals surface area contributed by atoms with Gasteiger partial charge in [-0.25, -0.2) is 0 Å². The highest BCUT2D eigenvalue weighted by molar-refractivity contribution is 4.56. The largest absolute Gasteiger partial charge is 0.317 e. The molecule has 0 aromatic heterocycles. The summed E-state index contributed by atoms with van der Waals surface area (Å²) < 4.78 is 0. The molecule has 0 radical (unpaired) electrons. The Hall–Kier alpha value is -0.160. The summed E-state index contributed by atoms with van der Waals surface area (Å²) in [6.45, 7) is 7.67. The second-order valence-corrected chi connectivity index (χ2v) is 4.09. The maximum Gasteiger partial charge on any atom is 0.0454 e. The van der Waals surface area contributed by atoms with Crippen molar-refractivity contribution >= 4 is 0 Å². The standard InChI is InChI=1S/C11H26N4/c1-2-5-12-7-4-8-13-9-10-15-11-14-6-3-1/h12-15H,1-11H2. The van der Waals surface area contributed by atoms with E-state index in [9.17, 15) is 0 Å². The molecule has 1 aliphatic rings.